The second-order valence-corrected chi connectivity index (χ2v) is 7.02. The molecule has 0 bridgehead atoms. The molecule has 0 aliphatic carbocycles. The number of benzene rings is 1. The number of carbonyl (C=O) groups excluding carboxylic acids is 2. The Kier molecular flexibility index (Phi) is 7.98. The highest BCUT2D eigenvalue weighted by atomic mass is 35.5. The Morgan fingerprint density at radius 1 is 1.17 bits per heavy atom. The largest absolute Gasteiger partial charge is 0.460 e. The summed E-state index contributed by atoms with van der Waals surface area (Å²) in [4.78, 5) is 28.7. The lowest BCUT2D eigenvalue weighted by Gasteiger charge is -2.16. The summed E-state index contributed by atoms with van der Waals surface area (Å²) in [6, 6.07) is 7.08. The number of esters is 1. The van der Waals surface area contributed by atoms with Crippen LogP contribution in [0.1, 0.15) is 49.9 Å². The molecule has 1 aromatic carbocycles. The van der Waals surface area contributed by atoms with Gasteiger partial charge in [-0.25, -0.2) is 19.2 Å². The van der Waals surface area contributed by atoms with Gasteiger partial charge in [0.1, 0.15) is 0 Å². The molecule has 1 aromatic heterocycles. The lowest BCUT2D eigenvalue weighted by Crippen LogP contribution is -2.39. The number of alkyl carbamates (subject to hydrolysis) is 1. The number of nitrogens with one attached hydrogen (secondary N) is 2. The molecule has 0 aliphatic rings. The molecule has 0 fully saturated rings. The maximum Gasteiger partial charge on any atom is 0.413 e. The van der Waals surface area contributed by atoms with Gasteiger partial charge in [-0.3, -0.25) is 10.7 Å². The maximum atomic E-state index is 12.5. The Morgan fingerprint density at radius 3 is 2.34 bits per heavy atom. The molecule has 1 amide bonds. The van der Waals surface area contributed by atoms with Crippen LogP contribution in [-0.2, 0) is 9.47 Å². The first kappa shape index (κ1) is 22.6. The fourth-order valence-electron chi connectivity index (χ4n) is 2.56. The molecule has 8 nitrogen and oxygen atoms in total. The highest BCUT2D eigenvalue weighted by Gasteiger charge is 2.26. The van der Waals surface area contributed by atoms with Crippen molar-refractivity contribution in [2.24, 2.45) is 0 Å². The minimum atomic E-state index is -0.708. The summed E-state index contributed by atoms with van der Waals surface area (Å²) in [6.45, 7) is 7.67. The molecule has 156 valence electrons. The van der Waals surface area contributed by atoms with E-state index >= 15 is 0 Å². The first-order valence-electron chi connectivity index (χ1n) is 9.08. The second kappa shape index (κ2) is 10.2. The van der Waals surface area contributed by atoms with E-state index in [1.54, 1.807) is 38.1 Å². The summed E-state index contributed by atoms with van der Waals surface area (Å²) >= 11 is 11.2. The number of amides is 1. The van der Waals surface area contributed by atoms with E-state index in [2.05, 4.69) is 15.7 Å². The molecule has 0 saturated carbocycles. The minimum Gasteiger partial charge on any atom is -0.460 e. The number of hydrogen-bond acceptors (Lipinski definition) is 6. The van der Waals surface area contributed by atoms with E-state index in [1.165, 1.54) is 4.68 Å². The number of nitrogens with zero attached hydrogens (tertiary/aromatic N) is 2. The average molecular weight is 439 g/mol. The second-order valence-electron chi connectivity index (χ2n) is 6.17. The number of ether oxygens (including phenoxy) is 2. The molecule has 0 atom stereocenters. The zero-order chi connectivity index (χ0) is 21.6. The molecule has 1 heterocycles. The number of carbonyl (C=O) groups is 2. The first-order chi connectivity index (χ1) is 13.8. The summed E-state index contributed by atoms with van der Waals surface area (Å²) in [6.07, 6.45) is -0.708. The highest BCUT2D eigenvalue weighted by molar-refractivity contribution is 7.80. The number of aromatic nitrogens is 2. The van der Waals surface area contributed by atoms with Gasteiger partial charge in [-0.2, -0.15) is 0 Å². The Bertz CT molecular complexity index is 896. The van der Waals surface area contributed by atoms with Gasteiger partial charge in [-0.15, -0.1) is 0 Å². The number of thiocarbonyl (C=S) groups is 1. The van der Waals surface area contributed by atoms with Gasteiger partial charge in [0.05, 0.1) is 24.6 Å². The van der Waals surface area contributed by atoms with Crippen molar-refractivity contribution < 1.29 is 19.1 Å². The van der Waals surface area contributed by atoms with E-state index in [0.29, 0.717) is 16.4 Å². The number of hydrogen-bond donors (Lipinski definition) is 2. The van der Waals surface area contributed by atoms with Crippen molar-refractivity contribution in [1.82, 2.24) is 15.0 Å². The van der Waals surface area contributed by atoms with Gasteiger partial charge in [0.25, 0.3) is 0 Å². The fraction of sp³-hybridized carbons (Fsp3) is 0.368. The van der Waals surface area contributed by atoms with Crippen LogP contribution in [-0.4, -0.2) is 40.0 Å². The SMILES string of the molecule is CCOC(=O)NC(=S)Nn1c(C(=O)OCC)nc(C(C)C)c1-c1ccc(Cl)cc1. The molecular formula is C19H23ClN4O4S. The standard InChI is InChI=1S/C19H23ClN4O4S/c1-5-27-17(25)16-21-14(11(3)4)15(12-7-9-13(20)10-8-12)24(16)23-18(29)22-19(26)28-6-2/h7-11H,5-6H2,1-4H3,(H2,22,23,26,29). The van der Waals surface area contributed by atoms with E-state index in [0.717, 1.165) is 5.56 Å². The zero-order valence-corrected chi connectivity index (χ0v) is 18.2. The van der Waals surface area contributed by atoms with E-state index in [1.807, 2.05) is 13.8 Å². The third kappa shape index (κ3) is 5.68. The summed E-state index contributed by atoms with van der Waals surface area (Å²) in [5.41, 5.74) is 4.85. The van der Waals surface area contributed by atoms with Crippen molar-refractivity contribution in [2.75, 3.05) is 18.6 Å². The third-order valence-electron chi connectivity index (χ3n) is 3.73. The van der Waals surface area contributed by atoms with Crippen LogP contribution in [0.3, 0.4) is 0 Å². The quantitative estimate of drug-likeness (QED) is 0.518. The normalized spacial score (nSPS) is 10.6. The molecule has 0 radical (unpaired) electrons. The predicted molar refractivity (Wildman–Crippen MR) is 115 cm³/mol. The Morgan fingerprint density at radius 2 is 1.79 bits per heavy atom. The van der Waals surface area contributed by atoms with Crippen molar-refractivity contribution in [1.29, 1.82) is 0 Å². The predicted octanol–water partition coefficient (Wildman–Crippen LogP) is 4.08. The molecule has 10 heteroatoms. The van der Waals surface area contributed by atoms with Crippen LogP contribution < -0.4 is 10.7 Å². The lowest BCUT2D eigenvalue weighted by molar-refractivity contribution is 0.0508. The molecule has 2 rings (SSSR count). The molecule has 0 spiro atoms. The van der Waals surface area contributed by atoms with Crippen molar-refractivity contribution in [2.45, 2.75) is 33.6 Å². The van der Waals surface area contributed by atoms with Crippen molar-refractivity contribution in [3.05, 3.63) is 40.8 Å². The van der Waals surface area contributed by atoms with Crippen LogP contribution in [0.15, 0.2) is 24.3 Å². The average Bonchev–Trinajstić information content (AvgIpc) is 3.02. The van der Waals surface area contributed by atoms with E-state index in [-0.39, 0.29) is 30.1 Å². The van der Waals surface area contributed by atoms with Gasteiger partial charge in [-0.05, 0) is 44.1 Å². The van der Waals surface area contributed by atoms with E-state index < -0.39 is 12.1 Å². The lowest BCUT2D eigenvalue weighted by atomic mass is 10.0. The molecule has 0 saturated heterocycles. The Balaban J connectivity index is 2.56. The van der Waals surface area contributed by atoms with Crippen molar-refractivity contribution in [3.8, 4) is 11.3 Å². The topological polar surface area (TPSA) is 94.5 Å². The van der Waals surface area contributed by atoms with Crippen LogP contribution >= 0.6 is 23.8 Å². The summed E-state index contributed by atoms with van der Waals surface area (Å²) in [7, 11) is 0. The van der Waals surface area contributed by atoms with Gasteiger partial charge in [0, 0.05) is 10.6 Å². The van der Waals surface area contributed by atoms with Crippen LogP contribution in [0, 0.1) is 0 Å². The summed E-state index contributed by atoms with van der Waals surface area (Å²) < 4.78 is 11.4. The van der Waals surface area contributed by atoms with Gasteiger partial charge >= 0.3 is 12.1 Å². The van der Waals surface area contributed by atoms with Crippen LogP contribution in [0.4, 0.5) is 4.79 Å². The molecule has 2 N–H and O–H groups in total. The third-order valence-corrected chi connectivity index (χ3v) is 4.18. The molecule has 0 aliphatic heterocycles. The van der Waals surface area contributed by atoms with E-state index in [9.17, 15) is 9.59 Å². The zero-order valence-electron chi connectivity index (χ0n) is 16.6. The maximum absolute atomic E-state index is 12.5. The van der Waals surface area contributed by atoms with Crippen molar-refractivity contribution >= 4 is 41.0 Å². The summed E-state index contributed by atoms with van der Waals surface area (Å²) in [5.74, 6) is -0.627. The van der Waals surface area contributed by atoms with Gasteiger partial charge in [-0.1, -0.05) is 37.6 Å². The molecule has 2 aromatic rings. The fourth-order valence-corrected chi connectivity index (χ4v) is 2.86. The van der Waals surface area contributed by atoms with Gasteiger partial charge in [0.2, 0.25) is 5.82 Å². The Labute approximate surface area is 179 Å². The summed E-state index contributed by atoms with van der Waals surface area (Å²) in [5, 5.41) is 2.91. The first-order valence-corrected chi connectivity index (χ1v) is 9.87. The number of imidazole rings is 1. The minimum absolute atomic E-state index is 0.00788. The van der Waals surface area contributed by atoms with Crippen LogP contribution in [0.2, 0.25) is 5.02 Å². The number of halogens is 1. The smallest absolute Gasteiger partial charge is 0.413 e. The van der Waals surface area contributed by atoms with Crippen LogP contribution in [0.25, 0.3) is 11.3 Å². The van der Waals surface area contributed by atoms with Gasteiger partial charge in [0.15, 0.2) is 5.11 Å². The molecule has 0 unspecified atom stereocenters. The van der Waals surface area contributed by atoms with Crippen molar-refractivity contribution in [3.63, 3.8) is 0 Å². The van der Waals surface area contributed by atoms with Gasteiger partial charge < -0.3 is 9.47 Å². The number of rotatable bonds is 6. The molecule has 29 heavy (non-hydrogen) atoms. The monoisotopic (exact) mass is 438 g/mol. The highest BCUT2D eigenvalue weighted by Crippen LogP contribution is 2.30. The molecular weight excluding hydrogens is 416 g/mol. The Hall–Kier alpha value is -2.65. The van der Waals surface area contributed by atoms with E-state index in [4.69, 9.17) is 33.3 Å². The van der Waals surface area contributed by atoms with Crippen LogP contribution in [0.5, 0.6) is 0 Å².